The summed E-state index contributed by atoms with van der Waals surface area (Å²) in [6.07, 6.45) is 0.389. The summed E-state index contributed by atoms with van der Waals surface area (Å²) in [5.74, 6) is -0.232. The number of nitriles is 1. The van der Waals surface area contributed by atoms with Crippen molar-refractivity contribution in [2.75, 3.05) is 5.32 Å². The highest BCUT2D eigenvalue weighted by Gasteiger charge is 2.18. The molecule has 0 aliphatic heterocycles. The first-order valence-corrected chi connectivity index (χ1v) is 7.17. The molecule has 0 heterocycles. The molecule has 1 amide bonds. The van der Waals surface area contributed by atoms with Gasteiger partial charge in [0.15, 0.2) is 0 Å². The normalized spacial score (nSPS) is 12.5. The summed E-state index contributed by atoms with van der Waals surface area (Å²) in [6, 6.07) is 6.84. The quantitative estimate of drug-likeness (QED) is 0.847. The Balaban J connectivity index is 2.91. The van der Waals surface area contributed by atoms with Crippen LogP contribution >= 0.6 is 0 Å². The van der Waals surface area contributed by atoms with Gasteiger partial charge in [-0.3, -0.25) is 4.79 Å². The van der Waals surface area contributed by atoms with Gasteiger partial charge in [-0.25, -0.2) is 8.42 Å². The Bertz CT molecular complexity index is 588. The lowest BCUT2D eigenvalue weighted by atomic mass is 10.3. The molecule has 1 atom stereocenters. The summed E-state index contributed by atoms with van der Waals surface area (Å²) < 4.78 is 26.2. The fourth-order valence-corrected chi connectivity index (χ4v) is 2.60. The van der Waals surface area contributed by atoms with E-state index in [9.17, 15) is 13.2 Å². The van der Waals surface area contributed by atoms with E-state index in [2.05, 4.69) is 10.0 Å². The molecule has 2 N–H and O–H groups in total. The molecule has 0 fully saturated rings. The molecule has 7 heteroatoms. The van der Waals surface area contributed by atoms with E-state index >= 15 is 0 Å². The Morgan fingerprint density at radius 1 is 1.37 bits per heavy atom. The molecule has 6 nitrogen and oxygen atoms in total. The van der Waals surface area contributed by atoms with E-state index in [-0.39, 0.29) is 10.8 Å². The third kappa shape index (κ3) is 4.35. The number of carbonyl (C=O) groups is 1. The van der Waals surface area contributed by atoms with Crippen LogP contribution in [0.5, 0.6) is 0 Å². The summed E-state index contributed by atoms with van der Waals surface area (Å²) in [7, 11) is -3.71. The topological polar surface area (TPSA) is 99.1 Å². The maximum absolute atomic E-state index is 11.9. The largest absolute Gasteiger partial charge is 0.326 e. The van der Waals surface area contributed by atoms with E-state index in [0.29, 0.717) is 12.1 Å². The van der Waals surface area contributed by atoms with Gasteiger partial charge in [-0.15, -0.1) is 0 Å². The highest BCUT2D eigenvalue weighted by molar-refractivity contribution is 7.89. The lowest BCUT2D eigenvalue weighted by Crippen LogP contribution is -2.33. The fourth-order valence-electron chi connectivity index (χ4n) is 1.38. The SMILES string of the molecule is CCC(C#N)NS(=O)(=O)c1ccc(NC(C)=O)cc1. The molecule has 102 valence electrons. The first-order chi connectivity index (χ1) is 8.89. The number of hydrogen-bond acceptors (Lipinski definition) is 4. The van der Waals surface area contributed by atoms with Crippen LogP contribution in [0.2, 0.25) is 0 Å². The third-order valence-corrected chi connectivity index (χ3v) is 3.83. The van der Waals surface area contributed by atoms with Crippen LogP contribution in [-0.4, -0.2) is 20.4 Å². The standard InChI is InChI=1S/C12H15N3O3S/c1-3-10(8-13)15-19(17,18)12-6-4-11(5-7-12)14-9(2)16/h4-7,10,15H,3H2,1-2H3,(H,14,16). The van der Waals surface area contributed by atoms with E-state index in [4.69, 9.17) is 5.26 Å². The first-order valence-electron chi connectivity index (χ1n) is 5.68. The van der Waals surface area contributed by atoms with Crippen LogP contribution in [0.15, 0.2) is 29.2 Å². The van der Waals surface area contributed by atoms with E-state index < -0.39 is 16.1 Å². The molecule has 0 saturated heterocycles. The molecule has 0 aliphatic rings. The highest BCUT2D eigenvalue weighted by atomic mass is 32.2. The van der Waals surface area contributed by atoms with Gasteiger partial charge in [-0.05, 0) is 30.7 Å². The molecular weight excluding hydrogens is 266 g/mol. The van der Waals surface area contributed by atoms with Gasteiger partial charge in [-0.1, -0.05) is 6.92 Å². The van der Waals surface area contributed by atoms with Crippen molar-refractivity contribution in [3.05, 3.63) is 24.3 Å². The van der Waals surface area contributed by atoms with E-state index in [1.807, 2.05) is 6.07 Å². The van der Waals surface area contributed by atoms with Crippen LogP contribution in [0.3, 0.4) is 0 Å². The van der Waals surface area contributed by atoms with Gasteiger partial charge in [-0.2, -0.15) is 9.98 Å². The zero-order valence-electron chi connectivity index (χ0n) is 10.7. The van der Waals surface area contributed by atoms with Crippen LogP contribution in [-0.2, 0) is 14.8 Å². The summed E-state index contributed by atoms with van der Waals surface area (Å²) in [5, 5.41) is 11.3. The van der Waals surface area contributed by atoms with Crippen molar-refractivity contribution in [3.8, 4) is 6.07 Å². The number of nitrogens with one attached hydrogen (secondary N) is 2. The van der Waals surface area contributed by atoms with Crippen LogP contribution in [0, 0.1) is 11.3 Å². The van der Waals surface area contributed by atoms with Crippen molar-refractivity contribution >= 4 is 21.6 Å². The van der Waals surface area contributed by atoms with Gasteiger partial charge in [0, 0.05) is 12.6 Å². The monoisotopic (exact) mass is 281 g/mol. The Morgan fingerprint density at radius 2 is 1.95 bits per heavy atom. The van der Waals surface area contributed by atoms with Crippen molar-refractivity contribution in [3.63, 3.8) is 0 Å². The molecule has 1 rings (SSSR count). The molecule has 1 aromatic carbocycles. The fraction of sp³-hybridized carbons (Fsp3) is 0.333. The van der Waals surface area contributed by atoms with Gasteiger partial charge in [0.05, 0.1) is 11.0 Å². The molecule has 0 aromatic heterocycles. The lowest BCUT2D eigenvalue weighted by Gasteiger charge is -2.10. The Labute approximate surface area is 112 Å². The molecule has 0 aliphatic carbocycles. The summed E-state index contributed by atoms with van der Waals surface area (Å²) in [6.45, 7) is 3.08. The molecule has 0 spiro atoms. The van der Waals surface area contributed by atoms with Crippen LogP contribution in [0.25, 0.3) is 0 Å². The summed E-state index contributed by atoms with van der Waals surface area (Å²) in [5.41, 5.74) is 0.513. The van der Waals surface area contributed by atoms with Crippen LogP contribution < -0.4 is 10.0 Å². The zero-order chi connectivity index (χ0) is 14.5. The van der Waals surface area contributed by atoms with Crippen molar-refractivity contribution < 1.29 is 13.2 Å². The lowest BCUT2D eigenvalue weighted by molar-refractivity contribution is -0.114. The number of rotatable bonds is 5. The van der Waals surface area contributed by atoms with E-state index in [0.717, 1.165) is 0 Å². The number of benzene rings is 1. The zero-order valence-corrected chi connectivity index (χ0v) is 11.5. The average Bonchev–Trinajstić information content (AvgIpc) is 2.36. The number of hydrogen-bond donors (Lipinski definition) is 2. The Hall–Kier alpha value is -1.91. The second-order valence-corrected chi connectivity index (χ2v) is 5.63. The number of sulfonamides is 1. The minimum atomic E-state index is -3.71. The molecule has 19 heavy (non-hydrogen) atoms. The Kier molecular flexibility index (Phi) is 5.03. The maximum atomic E-state index is 11.9. The number of anilines is 1. The van der Waals surface area contributed by atoms with E-state index in [1.54, 1.807) is 6.92 Å². The molecule has 1 aromatic rings. The highest BCUT2D eigenvalue weighted by Crippen LogP contribution is 2.14. The minimum Gasteiger partial charge on any atom is -0.326 e. The second-order valence-electron chi connectivity index (χ2n) is 3.92. The Morgan fingerprint density at radius 3 is 2.37 bits per heavy atom. The molecule has 0 bridgehead atoms. The number of amides is 1. The maximum Gasteiger partial charge on any atom is 0.241 e. The molecule has 0 radical (unpaired) electrons. The van der Waals surface area contributed by atoms with Gasteiger partial charge in [0.25, 0.3) is 0 Å². The summed E-state index contributed by atoms with van der Waals surface area (Å²) in [4.78, 5) is 10.9. The summed E-state index contributed by atoms with van der Waals surface area (Å²) >= 11 is 0. The van der Waals surface area contributed by atoms with Crippen molar-refractivity contribution in [2.24, 2.45) is 0 Å². The number of carbonyl (C=O) groups excluding carboxylic acids is 1. The van der Waals surface area contributed by atoms with Crippen molar-refractivity contribution in [2.45, 2.75) is 31.2 Å². The van der Waals surface area contributed by atoms with Gasteiger partial charge in [0.1, 0.15) is 6.04 Å². The number of nitrogens with zero attached hydrogens (tertiary/aromatic N) is 1. The van der Waals surface area contributed by atoms with Crippen molar-refractivity contribution in [1.29, 1.82) is 5.26 Å². The predicted molar refractivity (Wildman–Crippen MR) is 70.8 cm³/mol. The van der Waals surface area contributed by atoms with E-state index in [1.165, 1.54) is 31.2 Å². The van der Waals surface area contributed by atoms with Gasteiger partial charge < -0.3 is 5.32 Å². The van der Waals surface area contributed by atoms with Crippen LogP contribution in [0.1, 0.15) is 20.3 Å². The predicted octanol–water partition coefficient (Wildman–Crippen LogP) is 1.23. The van der Waals surface area contributed by atoms with Crippen molar-refractivity contribution in [1.82, 2.24) is 4.72 Å². The minimum absolute atomic E-state index is 0.0512. The smallest absolute Gasteiger partial charge is 0.241 e. The average molecular weight is 281 g/mol. The third-order valence-electron chi connectivity index (χ3n) is 2.35. The molecule has 0 saturated carbocycles. The first kappa shape index (κ1) is 15.1. The van der Waals surface area contributed by atoms with Gasteiger partial charge in [0.2, 0.25) is 15.9 Å². The molecular formula is C12H15N3O3S. The second kappa shape index (κ2) is 6.31. The molecule has 1 unspecified atom stereocenters. The van der Waals surface area contributed by atoms with Gasteiger partial charge >= 0.3 is 0 Å². The van der Waals surface area contributed by atoms with Crippen LogP contribution in [0.4, 0.5) is 5.69 Å².